The summed E-state index contributed by atoms with van der Waals surface area (Å²) in [6, 6.07) is 7.06. The van der Waals surface area contributed by atoms with Crippen molar-refractivity contribution < 1.29 is 83.5 Å². The molecule has 2 N–H and O–H groups in total. The number of carbonyl (C=O) groups excluding carboxylic acids is 1. The molecule has 0 saturated carbocycles. The largest absolute Gasteiger partial charge is 1.00 e. The third-order valence-electron chi connectivity index (χ3n) is 3.36. The van der Waals surface area contributed by atoms with Crippen molar-refractivity contribution in [3.05, 3.63) is 47.5 Å². The molecule has 0 fully saturated rings. The molecule has 0 radical (unpaired) electrons. The fourth-order valence-corrected chi connectivity index (χ4v) is 3.37. The molecule has 0 amide bonds. The number of benzene rings is 2. The van der Waals surface area contributed by atoms with Crippen molar-refractivity contribution in [2.45, 2.75) is 9.79 Å². The predicted octanol–water partition coefficient (Wildman–Crippen LogP) is -1.49. The fourth-order valence-electron chi connectivity index (χ4n) is 2.36. The third-order valence-corrected chi connectivity index (χ3v) is 5.06. The van der Waals surface area contributed by atoms with Gasteiger partial charge in [0.2, 0.25) is 0 Å². The van der Waals surface area contributed by atoms with Crippen LogP contribution in [0.1, 0.15) is 17.3 Å². The van der Waals surface area contributed by atoms with Gasteiger partial charge in [-0.25, -0.2) is 0 Å². The summed E-state index contributed by atoms with van der Waals surface area (Å²) >= 11 is 0. The van der Waals surface area contributed by atoms with E-state index < -0.39 is 35.8 Å². The number of fused-ring (bicyclic) bond motifs is 3. The monoisotopic (exact) mass is 380 g/mol. The van der Waals surface area contributed by atoms with Gasteiger partial charge in [0.15, 0.2) is 5.78 Å². The molecule has 2 aromatic carbocycles. The van der Waals surface area contributed by atoms with E-state index >= 15 is 0 Å². The molecule has 0 heterocycles. The zero-order chi connectivity index (χ0) is 16.3. The molecule has 0 unspecified atom stereocenters. The molecule has 2 aromatic rings. The maximum atomic E-state index is 12.3. The van der Waals surface area contributed by atoms with Gasteiger partial charge < -0.3 is 1.43 Å². The van der Waals surface area contributed by atoms with Crippen molar-refractivity contribution >= 4 is 26.0 Å². The average Bonchev–Trinajstić information content (AvgIpc) is 2.70. The number of ketones is 1. The maximum Gasteiger partial charge on any atom is 1.00 e. The van der Waals surface area contributed by atoms with Crippen molar-refractivity contribution in [2.24, 2.45) is 0 Å². The minimum absolute atomic E-state index is 0. The van der Waals surface area contributed by atoms with Crippen LogP contribution >= 0.6 is 0 Å². The predicted molar refractivity (Wildman–Crippen MR) is 76.1 cm³/mol. The summed E-state index contributed by atoms with van der Waals surface area (Å²) < 4.78 is 62.6. The van der Waals surface area contributed by atoms with Gasteiger partial charge in [0.1, 0.15) is 0 Å². The Morgan fingerprint density at radius 2 is 1.04 bits per heavy atom. The van der Waals surface area contributed by atoms with Gasteiger partial charge in [-0.1, -0.05) is 12.1 Å². The second kappa shape index (κ2) is 6.13. The van der Waals surface area contributed by atoms with Gasteiger partial charge in [0, 0.05) is 11.1 Å². The number of carbonyl (C=O) groups is 1. The minimum Gasteiger partial charge on any atom is -1.00 e. The number of hydrogen-bond donors (Lipinski definition) is 2. The Kier molecular flexibility index (Phi) is 5.04. The van der Waals surface area contributed by atoms with Gasteiger partial charge >= 0.3 is 51.4 Å². The van der Waals surface area contributed by atoms with E-state index in [4.69, 9.17) is 9.11 Å². The summed E-state index contributed by atoms with van der Waals surface area (Å²) in [5, 5.41) is 0. The van der Waals surface area contributed by atoms with Gasteiger partial charge in [0.25, 0.3) is 20.2 Å². The molecule has 0 spiro atoms. The summed E-state index contributed by atoms with van der Waals surface area (Å²) in [5.74, 6) is -0.582. The molecular weight excluding hydrogens is 371 g/mol. The number of rotatable bonds is 2. The first-order valence-corrected chi connectivity index (χ1v) is 8.75. The second-order valence-electron chi connectivity index (χ2n) is 4.69. The Bertz CT molecular complexity index is 962. The van der Waals surface area contributed by atoms with Crippen LogP contribution < -0.4 is 51.4 Å². The number of hydrogen-bond acceptors (Lipinski definition) is 5. The molecule has 0 aromatic heterocycles. The standard InChI is InChI=1S/C13H8O7S2.K.H/c14-13-11-5-7(21(15,16)17)1-3-9(11)10-4-2-8(6-12(10)13)22(18,19)20;;/h1-6H,(H,15,16,17)(H,18,19,20);;/q;+1;-1. The van der Waals surface area contributed by atoms with Gasteiger partial charge in [-0.2, -0.15) is 16.8 Å². The molecule has 23 heavy (non-hydrogen) atoms. The van der Waals surface area contributed by atoms with Gasteiger partial charge in [0.05, 0.1) is 9.79 Å². The van der Waals surface area contributed by atoms with E-state index in [1.807, 2.05) is 0 Å². The van der Waals surface area contributed by atoms with Crippen LogP contribution in [-0.4, -0.2) is 31.7 Å². The molecule has 116 valence electrons. The van der Waals surface area contributed by atoms with Gasteiger partial charge in [-0.05, 0) is 35.4 Å². The molecular formula is C13H9KO7S2. The van der Waals surface area contributed by atoms with Crippen LogP contribution in [-0.2, 0) is 20.2 Å². The van der Waals surface area contributed by atoms with Crippen molar-refractivity contribution in [2.75, 3.05) is 0 Å². The summed E-state index contributed by atoms with van der Waals surface area (Å²) in [4.78, 5) is 11.4. The molecule has 0 atom stereocenters. The van der Waals surface area contributed by atoms with E-state index in [2.05, 4.69) is 0 Å². The van der Waals surface area contributed by atoms with E-state index in [1.54, 1.807) is 0 Å². The molecule has 1 aliphatic carbocycles. The first-order chi connectivity index (χ1) is 10.1. The SMILES string of the molecule is O=C1c2cc(S(=O)(=O)O)ccc2-c2ccc(S(=O)(=O)O)cc21.[H-].[K+]. The Morgan fingerprint density at radius 3 is 1.35 bits per heavy atom. The van der Waals surface area contributed by atoms with Crippen LogP contribution in [0.15, 0.2) is 46.2 Å². The first-order valence-electron chi connectivity index (χ1n) is 5.87. The van der Waals surface area contributed by atoms with Gasteiger partial charge in [-0.15, -0.1) is 0 Å². The molecule has 10 heteroatoms. The van der Waals surface area contributed by atoms with Crippen molar-refractivity contribution in [1.29, 1.82) is 0 Å². The Hall–Kier alpha value is -0.434. The van der Waals surface area contributed by atoms with E-state index in [0.29, 0.717) is 11.1 Å². The quantitative estimate of drug-likeness (QED) is 0.410. The minimum atomic E-state index is -4.45. The topological polar surface area (TPSA) is 126 Å². The van der Waals surface area contributed by atoms with E-state index in [9.17, 15) is 21.6 Å². The molecule has 0 saturated heterocycles. The third kappa shape index (κ3) is 3.36. The van der Waals surface area contributed by atoms with E-state index in [1.165, 1.54) is 12.1 Å². The zero-order valence-corrected chi connectivity index (χ0v) is 16.5. The fraction of sp³-hybridized carbons (Fsp3) is 0. The van der Waals surface area contributed by atoms with Crippen LogP contribution in [0.2, 0.25) is 0 Å². The Morgan fingerprint density at radius 1 is 0.696 bits per heavy atom. The molecule has 7 nitrogen and oxygen atoms in total. The molecule has 0 aliphatic heterocycles. The van der Waals surface area contributed by atoms with Crippen LogP contribution in [0, 0.1) is 0 Å². The smallest absolute Gasteiger partial charge is 1.00 e. The summed E-state index contributed by atoms with van der Waals surface area (Å²) in [7, 11) is -8.91. The van der Waals surface area contributed by atoms with Gasteiger partial charge in [-0.3, -0.25) is 13.9 Å². The summed E-state index contributed by atoms with van der Waals surface area (Å²) in [6.45, 7) is 0. The second-order valence-corrected chi connectivity index (χ2v) is 7.54. The average molecular weight is 380 g/mol. The van der Waals surface area contributed by atoms with E-state index in [0.717, 1.165) is 24.3 Å². The summed E-state index contributed by atoms with van der Waals surface area (Å²) in [5.41, 5.74) is 0.929. The van der Waals surface area contributed by atoms with Crippen molar-refractivity contribution in [1.82, 2.24) is 0 Å². The van der Waals surface area contributed by atoms with Crippen LogP contribution in [0.5, 0.6) is 0 Å². The first kappa shape index (κ1) is 18.9. The normalized spacial score (nSPS) is 13.2. The zero-order valence-electron chi connectivity index (χ0n) is 12.7. The molecule has 0 bridgehead atoms. The van der Waals surface area contributed by atoms with Crippen molar-refractivity contribution in [3.8, 4) is 11.1 Å². The Balaban J connectivity index is 0.00000144. The molecule has 3 rings (SSSR count). The van der Waals surface area contributed by atoms with Crippen LogP contribution in [0.4, 0.5) is 0 Å². The van der Waals surface area contributed by atoms with Crippen LogP contribution in [0.3, 0.4) is 0 Å². The molecule has 1 aliphatic rings. The van der Waals surface area contributed by atoms with E-state index in [-0.39, 0.29) is 63.9 Å². The van der Waals surface area contributed by atoms with Crippen LogP contribution in [0.25, 0.3) is 11.1 Å². The van der Waals surface area contributed by atoms with Crippen molar-refractivity contribution in [3.63, 3.8) is 0 Å². The summed E-state index contributed by atoms with van der Waals surface area (Å²) in [6.07, 6.45) is 0. The maximum absolute atomic E-state index is 12.3. The Labute approximate surface area is 176 Å².